The van der Waals surface area contributed by atoms with Gasteiger partial charge in [0.2, 0.25) is 0 Å². The lowest BCUT2D eigenvalue weighted by Gasteiger charge is -2.35. The van der Waals surface area contributed by atoms with E-state index in [1.54, 1.807) is 23.1 Å². The first-order chi connectivity index (χ1) is 13.2. The molecule has 0 bridgehead atoms. The molecule has 0 radical (unpaired) electrons. The molecule has 0 unspecified atom stereocenters. The molecular formula is C21H26N4S2. The normalized spacial score (nSPS) is 15.6. The smallest absolute Gasteiger partial charge is 0.142 e. The summed E-state index contributed by atoms with van der Waals surface area (Å²) in [6.07, 6.45) is 0. The van der Waals surface area contributed by atoms with E-state index in [9.17, 15) is 0 Å². The van der Waals surface area contributed by atoms with Crippen LogP contribution in [-0.2, 0) is 5.75 Å². The summed E-state index contributed by atoms with van der Waals surface area (Å²) in [5.41, 5.74) is 1.34. The first-order valence-electron chi connectivity index (χ1n) is 9.57. The van der Waals surface area contributed by atoms with E-state index in [1.165, 1.54) is 20.7 Å². The molecule has 1 saturated heterocycles. The Labute approximate surface area is 169 Å². The van der Waals surface area contributed by atoms with Gasteiger partial charge in [-0.1, -0.05) is 25.1 Å². The van der Waals surface area contributed by atoms with Gasteiger partial charge in [0.05, 0.1) is 11.1 Å². The van der Waals surface area contributed by atoms with Crippen LogP contribution in [0.1, 0.15) is 23.2 Å². The summed E-state index contributed by atoms with van der Waals surface area (Å²) >= 11 is 3.61. The number of aromatic nitrogens is 2. The second-order valence-corrected chi connectivity index (χ2v) is 9.20. The molecule has 0 spiro atoms. The summed E-state index contributed by atoms with van der Waals surface area (Å²) in [5, 5.41) is 1.26. The topological polar surface area (TPSA) is 32.3 Å². The third kappa shape index (κ3) is 3.98. The Balaban J connectivity index is 1.65. The fourth-order valence-corrected chi connectivity index (χ4v) is 5.32. The van der Waals surface area contributed by atoms with Gasteiger partial charge >= 0.3 is 0 Å². The van der Waals surface area contributed by atoms with Crippen LogP contribution in [-0.4, -0.2) is 47.6 Å². The van der Waals surface area contributed by atoms with Gasteiger partial charge in [-0.05, 0) is 38.1 Å². The van der Waals surface area contributed by atoms with Gasteiger partial charge in [-0.15, -0.1) is 23.1 Å². The predicted molar refractivity (Wildman–Crippen MR) is 117 cm³/mol. The monoisotopic (exact) mass is 398 g/mol. The molecule has 27 heavy (non-hydrogen) atoms. The number of aryl methyl sites for hydroxylation is 2. The van der Waals surface area contributed by atoms with E-state index in [2.05, 4.69) is 60.9 Å². The van der Waals surface area contributed by atoms with Crippen LogP contribution in [0.5, 0.6) is 0 Å². The number of likely N-dealkylation sites (N-methyl/N-ethyl adjacent to an activating group) is 1. The van der Waals surface area contributed by atoms with E-state index in [0.717, 1.165) is 54.9 Å². The quantitative estimate of drug-likeness (QED) is 0.580. The van der Waals surface area contributed by atoms with E-state index in [-0.39, 0.29) is 0 Å². The van der Waals surface area contributed by atoms with Crippen LogP contribution >= 0.6 is 23.1 Å². The van der Waals surface area contributed by atoms with Crippen molar-refractivity contribution in [1.82, 2.24) is 14.9 Å². The Hall–Kier alpha value is -1.63. The van der Waals surface area contributed by atoms with Crippen molar-refractivity contribution in [3.63, 3.8) is 0 Å². The minimum Gasteiger partial charge on any atom is -0.353 e. The maximum atomic E-state index is 5.05. The third-order valence-electron chi connectivity index (χ3n) is 5.29. The fourth-order valence-electron chi connectivity index (χ4n) is 3.51. The summed E-state index contributed by atoms with van der Waals surface area (Å²) < 4.78 is 0. The van der Waals surface area contributed by atoms with E-state index in [1.807, 2.05) is 0 Å². The van der Waals surface area contributed by atoms with Crippen molar-refractivity contribution >= 4 is 39.1 Å². The molecule has 1 fully saturated rings. The van der Waals surface area contributed by atoms with E-state index >= 15 is 0 Å². The number of hydrogen-bond donors (Lipinski definition) is 0. The van der Waals surface area contributed by atoms with Crippen molar-refractivity contribution in [2.24, 2.45) is 0 Å². The molecule has 3 heterocycles. The van der Waals surface area contributed by atoms with Crippen molar-refractivity contribution in [1.29, 1.82) is 0 Å². The number of hydrogen-bond acceptors (Lipinski definition) is 6. The summed E-state index contributed by atoms with van der Waals surface area (Å²) in [6.45, 7) is 12.1. The molecule has 4 nitrogen and oxygen atoms in total. The molecule has 1 aromatic carbocycles. The molecule has 1 aliphatic rings. The van der Waals surface area contributed by atoms with Gasteiger partial charge in [-0.2, -0.15) is 0 Å². The molecule has 6 heteroatoms. The zero-order valence-corrected chi connectivity index (χ0v) is 17.9. The van der Waals surface area contributed by atoms with Crippen LogP contribution in [0.25, 0.3) is 10.2 Å². The van der Waals surface area contributed by atoms with Crippen LogP contribution in [0.15, 0.2) is 35.2 Å². The van der Waals surface area contributed by atoms with Crippen molar-refractivity contribution in [3.8, 4) is 0 Å². The molecule has 0 N–H and O–H groups in total. The standard InChI is InChI=1S/C21H26N4S2/c1-4-24-10-12-25(13-11-24)20-19-15(2)16(3)27-21(19)23-18(22-20)14-26-17-8-6-5-7-9-17/h5-9H,4,10-14H2,1-3H3. The highest BCUT2D eigenvalue weighted by Crippen LogP contribution is 2.36. The lowest BCUT2D eigenvalue weighted by Crippen LogP contribution is -2.46. The van der Waals surface area contributed by atoms with Crippen LogP contribution in [0.2, 0.25) is 0 Å². The zero-order chi connectivity index (χ0) is 18.8. The van der Waals surface area contributed by atoms with Crippen molar-refractivity contribution < 1.29 is 0 Å². The molecule has 0 aliphatic carbocycles. The van der Waals surface area contributed by atoms with Gasteiger partial charge in [-0.25, -0.2) is 9.97 Å². The number of nitrogens with zero attached hydrogens (tertiary/aromatic N) is 4. The summed E-state index contributed by atoms with van der Waals surface area (Å²) in [4.78, 5) is 18.7. The van der Waals surface area contributed by atoms with Crippen molar-refractivity contribution in [3.05, 3.63) is 46.6 Å². The zero-order valence-electron chi connectivity index (χ0n) is 16.2. The van der Waals surface area contributed by atoms with Crippen LogP contribution in [0.3, 0.4) is 0 Å². The Kier molecular flexibility index (Phi) is 5.66. The number of thioether (sulfide) groups is 1. The highest BCUT2D eigenvalue weighted by Gasteiger charge is 2.22. The number of rotatable bonds is 5. The Bertz CT molecular complexity index is 915. The van der Waals surface area contributed by atoms with Gasteiger partial charge in [0.25, 0.3) is 0 Å². The van der Waals surface area contributed by atoms with Crippen LogP contribution in [0.4, 0.5) is 5.82 Å². The van der Waals surface area contributed by atoms with E-state index in [0.29, 0.717) is 0 Å². The van der Waals surface area contributed by atoms with Crippen molar-refractivity contribution in [2.75, 3.05) is 37.6 Å². The second kappa shape index (κ2) is 8.17. The number of piperazine rings is 1. The molecule has 0 saturated carbocycles. The number of benzene rings is 1. The third-order valence-corrected chi connectivity index (χ3v) is 7.40. The lowest BCUT2D eigenvalue weighted by molar-refractivity contribution is 0.270. The van der Waals surface area contributed by atoms with Gasteiger partial charge in [0.1, 0.15) is 16.5 Å². The number of fused-ring (bicyclic) bond motifs is 1. The largest absolute Gasteiger partial charge is 0.353 e. The first kappa shape index (κ1) is 18.7. The van der Waals surface area contributed by atoms with Gasteiger partial charge in [0, 0.05) is 36.0 Å². The second-order valence-electron chi connectivity index (χ2n) is 6.95. The highest BCUT2D eigenvalue weighted by molar-refractivity contribution is 7.98. The molecule has 2 aromatic heterocycles. The predicted octanol–water partition coefficient (Wildman–Crippen LogP) is 4.74. The maximum Gasteiger partial charge on any atom is 0.142 e. The Morgan fingerprint density at radius 2 is 1.78 bits per heavy atom. The first-order valence-corrected chi connectivity index (χ1v) is 11.4. The van der Waals surface area contributed by atoms with Crippen LogP contribution in [0, 0.1) is 13.8 Å². The SMILES string of the molecule is CCN1CCN(c2nc(CSc3ccccc3)nc3sc(C)c(C)c23)CC1. The average molecular weight is 399 g/mol. The molecular weight excluding hydrogens is 372 g/mol. The molecule has 4 rings (SSSR count). The van der Waals surface area contributed by atoms with Crippen molar-refractivity contribution in [2.45, 2.75) is 31.4 Å². The fraction of sp³-hybridized carbons (Fsp3) is 0.429. The molecule has 0 atom stereocenters. The lowest BCUT2D eigenvalue weighted by atomic mass is 10.2. The van der Waals surface area contributed by atoms with Crippen LogP contribution < -0.4 is 4.90 Å². The Morgan fingerprint density at radius 1 is 1.04 bits per heavy atom. The summed E-state index contributed by atoms with van der Waals surface area (Å²) in [5.74, 6) is 2.88. The minimum absolute atomic E-state index is 0.803. The highest BCUT2D eigenvalue weighted by atomic mass is 32.2. The van der Waals surface area contributed by atoms with Gasteiger partial charge < -0.3 is 9.80 Å². The van der Waals surface area contributed by atoms with Gasteiger partial charge in [0.15, 0.2) is 0 Å². The molecule has 0 amide bonds. The number of anilines is 1. The summed E-state index contributed by atoms with van der Waals surface area (Å²) in [6, 6.07) is 10.5. The molecule has 3 aromatic rings. The van der Waals surface area contributed by atoms with E-state index in [4.69, 9.17) is 9.97 Å². The molecule has 1 aliphatic heterocycles. The number of thiophene rings is 1. The average Bonchev–Trinajstić information content (AvgIpc) is 3.00. The molecule has 142 valence electrons. The maximum absolute atomic E-state index is 5.05. The Morgan fingerprint density at radius 3 is 2.48 bits per heavy atom. The van der Waals surface area contributed by atoms with Gasteiger partial charge in [-0.3, -0.25) is 0 Å². The minimum atomic E-state index is 0.803. The summed E-state index contributed by atoms with van der Waals surface area (Å²) in [7, 11) is 0. The van der Waals surface area contributed by atoms with E-state index < -0.39 is 0 Å².